The molecular weight excluding hydrogens is 346 g/mol. The molecule has 1 atom stereocenters. The van der Waals surface area contributed by atoms with Crippen LogP contribution in [0.25, 0.3) is 5.69 Å². The number of rotatable bonds is 5. The molecule has 0 radical (unpaired) electrons. The lowest BCUT2D eigenvalue weighted by atomic mass is 10.1. The Bertz CT molecular complexity index is 737. The van der Waals surface area contributed by atoms with Crippen molar-refractivity contribution in [1.29, 1.82) is 0 Å². The fourth-order valence-corrected chi connectivity index (χ4v) is 3.52. The molecule has 1 unspecified atom stereocenters. The average Bonchev–Trinajstić information content (AvgIpc) is 3.18. The highest BCUT2D eigenvalue weighted by Crippen LogP contribution is 2.12. The van der Waals surface area contributed by atoms with Crippen LogP contribution in [0.5, 0.6) is 0 Å². The van der Waals surface area contributed by atoms with E-state index in [2.05, 4.69) is 25.7 Å². The number of nitrogens with one attached hydrogen (secondary N) is 1. The molecular formula is C18H25N7O2. The summed E-state index contributed by atoms with van der Waals surface area (Å²) in [4.78, 5) is 16.7. The van der Waals surface area contributed by atoms with E-state index in [4.69, 9.17) is 4.74 Å². The van der Waals surface area contributed by atoms with E-state index in [9.17, 15) is 4.79 Å². The van der Waals surface area contributed by atoms with Crippen LogP contribution >= 0.6 is 0 Å². The third kappa shape index (κ3) is 4.49. The lowest BCUT2D eigenvalue weighted by molar-refractivity contribution is -0.134. The van der Waals surface area contributed by atoms with Gasteiger partial charge in [-0.1, -0.05) is 18.2 Å². The topological polar surface area (TPSA) is 88.4 Å². The Morgan fingerprint density at radius 2 is 2.00 bits per heavy atom. The van der Waals surface area contributed by atoms with Crippen LogP contribution in [0.2, 0.25) is 0 Å². The van der Waals surface area contributed by atoms with E-state index in [1.165, 1.54) is 0 Å². The first-order valence-corrected chi connectivity index (χ1v) is 9.43. The van der Waals surface area contributed by atoms with Gasteiger partial charge >= 0.3 is 0 Å². The highest BCUT2D eigenvalue weighted by Gasteiger charge is 2.25. The number of hydrogen-bond donors (Lipinski definition) is 1. The van der Waals surface area contributed by atoms with Crippen molar-refractivity contribution in [2.45, 2.75) is 19.0 Å². The molecule has 27 heavy (non-hydrogen) atoms. The van der Waals surface area contributed by atoms with Gasteiger partial charge in [-0.15, -0.1) is 5.10 Å². The van der Waals surface area contributed by atoms with Gasteiger partial charge in [0.2, 0.25) is 5.91 Å². The summed E-state index contributed by atoms with van der Waals surface area (Å²) < 4.78 is 7.20. The molecule has 1 N–H and O–H groups in total. The molecule has 1 amide bonds. The second kappa shape index (κ2) is 8.55. The Morgan fingerprint density at radius 1 is 1.19 bits per heavy atom. The molecule has 2 aliphatic rings. The molecule has 0 saturated carbocycles. The van der Waals surface area contributed by atoms with Crippen molar-refractivity contribution in [1.82, 2.24) is 35.3 Å². The summed E-state index contributed by atoms with van der Waals surface area (Å²) in [5.74, 6) is 1.01. The first-order chi connectivity index (χ1) is 13.3. The van der Waals surface area contributed by atoms with Crippen molar-refractivity contribution in [3.05, 3.63) is 36.2 Å². The first-order valence-electron chi connectivity index (χ1n) is 9.43. The van der Waals surface area contributed by atoms with Crippen LogP contribution in [-0.2, 0) is 16.1 Å². The number of para-hydroxylation sites is 1. The fraction of sp³-hybridized carbons (Fsp3) is 0.556. The van der Waals surface area contributed by atoms with E-state index in [0.29, 0.717) is 19.6 Å². The van der Waals surface area contributed by atoms with Crippen molar-refractivity contribution in [3.8, 4) is 5.69 Å². The second-order valence-electron chi connectivity index (χ2n) is 6.93. The number of ether oxygens (including phenoxy) is 1. The summed E-state index contributed by atoms with van der Waals surface area (Å²) in [6, 6.07) is 10.0. The molecule has 2 aliphatic heterocycles. The first kappa shape index (κ1) is 18.0. The number of nitrogens with zero attached hydrogens (tertiary/aromatic N) is 6. The molecule has 2 aromatic rings. The van der Waals surface area contributed by atoms with Gasteiger partial charge in [-0.3, -0.25) is 9.69 Å². The van der Waals surface area contributed by atoms with E-state index >= 15 is 0 Å². The Kier molecular flexibility index (Phi) is 5.71. The Labute approximate surface area is 158 Å². The molecule has 3 heterocycles. The minimum absolute atomic E-state index is 0.139. The molecule has 2 saturated heterocycles. The van der Waals surface area contributed by atoms with Crippen LogP contribution < -0.4 is 5.32 Å². The number of piperazine rings is 1. The Morgan fingerprint density at radius 3 is 2.74 bits per heavy atom. The summed E-state index contributed by atoms with van der Waals surface area (Å²) >= 11 is 0. The SMILES string of the molecule is O=C(CC1COCCN1)N1CCN(Cc2nnnn2-c2ccccc2)CC1. The highest BCUT2D eigenvalue weighted by molar-refractivity contribution is 5.77. The molecule has 0 bridgehead atoms. The summed E-state index contributed by atoms with van der Waals surface area (Å²) in [7, 11) is 0. The van der Waals surface area contributed by atoms with Crippen molar-refractivity contribution in [2.75, 3.05) is 45.9 Å². The van der Waals surface area contributed by atoms with E-state index in [1.807, 2.05) is 35.2 Å². The molecule has 0 spiro atoms. The number of tetrazole rings is 1. The molecule has 9 nitrogen and oxygen atoms in total. The van der Waals surface area contributed by atoms with Gasteiger partial charge in [0.1, 0.15) is 0 Å². The largest absolute Gasteiger partial charge is 0.378 e. The van der Waals surface area contributed by atoms with Gasteiger partial charge in [-0.25, -0.2) is 0 Å². The highest BCUT2D eigenvalue weighted by atomic mass is 16.5. The minimum Gasteiger partial charge on any atom is -0.378 e. The molecule has 9 heteroatoms. The maximum absolute atomic E-state index is 12.5. The number of benzene rings is 1. The molecule has 1 aromatic heterocycles. The van der Waals surface area contributed by atoms with Crippen LogP contribution in [0, 0.1) is 0 Å². The normalized spacial score (nSPS) is 21.3. The van der Waals surface area contributed by atoms with Crippen LogP contribution in [0.4, 0.5) is 0 Å². The molecule has 4 rings (SSSR count). The van der Waals surface area contributed by atoms with Crippen LogP contribution in [0.3, 0.4) is 0 Å². The van der Waals surface area contributed by atoms with Gasteiger partial charge < -0.3 is 15.0 Å². The van der Waals surface area contributed by atoms with E-state index in [-0.39, 0.29) is 11.9 Å². The fourth-order valence-electron chi connectivity index (χ4n) is 3.52. The van der Waals surface area contributed by atoms with Crippen LogP contribution in [0.1, 0.15) is 12.2 Å². The van der Waals surface area contributed by atoms with Crippen molar-refractivity contribution in [3.63, 3.8) is 0 Å². The standard InChI is InChI=1S/C18H25N7O2/c26-18(12-15-14-27-11-6-19-15)24-9-7-23(8-10-24)13-17-20-21-22-25(17)16-4-2-1-3-5-16/h1-5,15,19H,6-14H2. The lowest BCUT2D eigenvalue weighted by Gasteiger charge is -2.35. The van der Waals surface area contributed by atoms with Gasteiger partial charge in [0.15, 0.2) is 5.82 Å². The zero-order valence-electron chi connectivity index (χ0n) is 15.3. The summed E-state index contributed by atoms with van der Waals surface area (Å²) in [5, 5.41) is 15.4. The molecule has 2 fully saturated rings. The molecule has 144 valence electrons. The van der Waals surface area contributed by atoms with Crippen molar-refractivity contribution in [2.24, 2.45) is 0 Å². The summed E-state index contributed by atoms with van der Waals surface area (Å²) in [5.41, 5.74) is 0.952. The van der Waals surface area contributed by atoms with Crippen molar-refractivity contribution >= 4 is 5.91 Å². The van der Waals surface area contributed by atoms with E-state index in [1.54, 1.807) is 4.68 Å². The van der Waals surface area contributed by atoms with Crippen LogP contribution in [0.15, 0.2) is 30.3 Å². The average molecular weight is 371 g/mol. The number of morpholine rings is 1. The number of hydrogen-bond acceptors (Lipinski definition) is 7. The third-order valence-corrected chi connectivity index (χ3v) is 5.04. The number of aromatic nitrogens is 4. The monoisotopic (exact) mass is 371 g/mol. The van der Waals surface area contributed by atoms with Gasteiger partial charge in [-0.05, 0) is 22.6 Å². The van der Waals surface area contributed by atoms with Crippen LogP contribution in [-0.4, -0.2) is 87.9 Å². The molecule has 1 aromatic carbocycles. The summed E-state index contributed by atoms with van der Waals surface area (Å²) in [6.45, 7) is 5.95. The Balaban J connectivity index is 1.29. The predicted octanol–water partition coefficient (Wildman–Crippen LogP) is -0.315. The van der Waals surface area contributed by atoms with Gasteiger partial charge in [0.25, 0.3) is 0 Å². The molecule has 0 aliphatic carbocycles. The Hall–Kier alpha value is -2.36. The number of amides is 1. The third-order valence-electron chi connectivity index (χ3n) is 5.04. The van der Waals surface area contributed by atoms with Gasteiger partial charge in [-0.2, -0.15) is 4.68 Å². The van der Waals surface area contributed by atoms with E-state index in [0.717, 1.165) is 50.8 Å². The predicted molar refractivity (Wildman–Crippen MR) is 98.2 cm³/mol. The minimum atomic E-state index is 0.139. The van der Waals surface area contributed by atoms with Crippen molar-refractivity contribution < 1.29 is 9.53 Å². The quantitative estimate of drug-likeness (QED) is 0.771. The lowest BCUT2D eigenvalue weighted by Crippen LogP contribution is -2.51. The smallest absolute Gasteiger partial charge is 0.224 e. The maximum atomic E-state index is 12.5. The zero-order valence-corrected chi connectivity index (χ0v) is 15.3. The number of carbonyl (C=O) groups is 1. The maximum Gasteiger partial charge on any atom is 0.224 e. The van der Waals surface area contributed by atoms with E-state index < -0.39 is 0 Å². The van der Waals surface area contributed by atoms with Gasteiger partial charge in [0.05, 0.1) is 25.4 Å². The summed E-state index contributed by atoms with van der Waals surface area (Å²) in [6.07, 6.45) is 0.506. The zero-order chi connectivity index (χ0) is 18.5. The second-order valence-corrected chi connectivity index (χ2v) is 6.93. The van der Waals surface area contributed by atoms with Gasteiger partial charge in [0, 0.05) is 45.2 Å². The number of carbonyl (C=O) groups excluding carboxylic acids is 1.